The number of sulfonamides is 1. The minimum absolute atomic E-state index is 0.111. The van der Waals surface area contributed by atoms with E-state index in [9.17, 15) is 18.3 Å². The lowest BCUT2D eigenvalue weighted by atomic mass is 9.84. The van der Waals surface area contributed by atoms with Crippen LogP contribution in [0.4, 0.5) is 5.69 Å². The Morgan fingerprint density at radius 2 is 2.03 bits per heavy atom. The predicted octanol–water partition coefficient (Wildman–Crippen LogP) is 1.15. The first kappa shape index (κ1) is 21.5. The lowest BCUT2D eigenvalue weighted by Crippen LogP contribution is -2.47. The number of benzene rings is 1. The van der Waals surface area contributed by atoms with Crippen molar-refractivity contribution in [1.29, 1.82) is 0 Å². The van der Waals surface area contributed by atoms with Crippen molar-refractivity contribution in [3.8, 4) is 5.75 Å². The van der Waals surface area contributed by atoms with E-state index < -0.39 is 22.2 Å². The molecule has 9 nitrogen and oxygen atoms in total. The monoisotopic (exact) mass is 447 g/mol. The van der Waals surface area contributed by atoms with Crippen molar-refractivity contribution in [2.45, 2.75) is 43.6 Å². The number of pyridine rings is 1. The molecular weight excluding hydrogens is 422 g/mol. The van der Waals surface area contributed by atoms with Crippen molar-refractivity contribution in [1.82, 2.24) is 10.3 Å². The van der Waals surface area contributed by atoms with Gasteiger partial charge in [0.15, 0.2) is 0 Å². The van der Waals surface area contributed by atoms with E-state index in [1.165, 1.54) is 0 Å². The zero-order valence-electron chi connectivity index (χ0n) is 17.0. The first-order valence-electron chi connectivity index (χ1n) is 10.0. The van der Waals surface area contributed by atoms with Gasteiger partial charge in [-0.05, 0) is 42.3 Å². The third kappa shape index (κ3) is 5.15. The molecule has 2 aromatic rings. The van der Waals surface area contributed by atoms with Gasteiger partial charge in [0.2, 0.25) is 15.9 Å². The van der Waals surface area contributed by atoms with Crippen LogP contribution >= 0.6 is 0 Å². The predicted molar refractivity (Wildman–Crippen MR) is 113 cm³/mol. The van der Waals surface area contributed by atoms with Crippen molar-refractivity contribution < 1.29 is 27.8 Å². The molecule has 3 N–H and O–H groups in total. The van der Waals surface area contributed by atoms with E-state index in [4.69, 9.17) is 9.47 Å². The van der Waals surface area contributed by atoms with E-state index in [1.54, 1.807) is 30.6 Å². The van der Waals surface area contributed by atoms with E-state index in [0.717, 1.165) is 17.4 Å². The molecule has 2 aliphatic heterocycles. The zero-order chi connectivity index (χ0) is 22.0. The van der Waals surface area contributed by atoms with E-state index in [0.29, 0.717) is 24.4 Å². The molecule has 1 amide bonds. The molecule has 1 aromatic carbocycles. The van der Waals surface area contributed by atoms with Gasteiger partial charge < -0.3 is 19.9 Å². The standard InChI is InChI=1S/C21H25N3O6S/c1-31(27,28)24-14-2-3-18-16(8-14)17-9-15(29-19(12-25)21(17)30-18)10-20(26)23-11-13-4-6-22-7-5-13/h2-8,15,17,19,21,24-25H,9-12H2,1H3,(H,23,26)/t15-,17-,19+,21+/m0/s1. The fraction of sp³-hybridized carbons (Fsp3) is 0.429. The van der Waals surface area contributed by atoms with Gasteiger partial charge in [0.1, 0.15) is 18.0 Å². The molecule has 1 aromatic heterocycles. The summed E-state index contributed by atoms with van der Waals surface area (Å²) >= 11 is 0. The maximum absolute atomic E-state index is 12.5. The average Bonchev–Trinajstić information content (AvgIpc) is 3.09. The molecule has 0 bridgehead atoms. The fourth-order valence-electron chi connectivity index (χ4n) is 4.15. The molecule has 2 aliphatic rings. The van der Waals surface area contributed by atoms with Gasteiger partial charge >= 0.3 is 0 Å². The molecule has 0 unspecified atom stereocenters. The molecule has 166 valence electrons. The number of nitrogens with one attached hydrogen (secondary N) is 2. The average molecular weight is 448 g/mol. The number of fused-ring (bicyclic) bond motifs is 3. The Hall–Kier alpha value is -2.69. The molecule has 4 rings (SSSR count). The maximum atomic E-state index is 12.5. The number of hydrogen-bond donors (Lipinski definition) is 3. The van der Waals surface area contributed by atoms with Crippen LogP contribution in [0.15, 0.2) is 42.7 Å². The number of hydrogen-bond acceptors (Lipinski definition) is 7. The summed E-state index contributed by atoms with van der Waals surface area (Å²) in [6.45, 7) is 0.161. The Morgan fingerprint density at radius 3 is 2.74 bits per heavy atom. The van der Waals surface area contributed by atoms with Crippen LogP contribution in [0.1, 0.15) is 29.9 Å². The highest BCUT2D eigenvalue weighted by Crippen LogP contribution is 2.47. The normalized spacial score (nSPS) is 24.6. The quantitative estimate of drug-likeness (QED) is 0.581. The Labute approximate surface area is 180 Å². The number of amides is 1. The number of aliphatic hydroxyl groups is 1. The molecule has 1 saturated heterocycles. The van der Waals surface area contributed by atoms with Crippen molar-refractivity contribution in [2.75, 3.05) is 17.6 Å². The molecule has 0 radical (unpaired) electrons. The van der Waals surface area contributed by atoms with Crippen LogP contribution in [0.25, 0.3) is 0 Å². The highest BCUT2D eigenvalue weighted by molar-refractivity contribution is 7.92. The first-order valence-corrected chi connectivity index (χ1v) is 11.9. The van der Waals surface area contributed by atoms with Gasteiger partial charge in [0.05, 0.1) is 25.4 Å². The summed E-state index contributed by atoms with van der Waals surface area (Å²) < 4.78 is 37.6. The number of aromatic nitrogens is 1. The summed E-state index contributed by atoms with van der Waals surface area (Å²) in [5.74, 6) is 0.377. The second-order valence-corrected chi connectivity index (χ2v) is 9.62. The minimum atomic E-state index is -3.41. The molecule has 4 atom stereocenters. The number of aliphatic hydroxyl groups excluding tert-OH is 1. The van der Waals surface area contributed by atoms with E-state index in [-0.39, 0.29) is 31.0 Å². The minimum Gasteiger partial charge on any atom is -0.487 e. The smallest absolute Gasteiger partial charge is 0.229 e. The van der Waals surface area contributed by atoms with E-state index >= 15 is 0 Å². The van der Waals surface area contributed by atoms with Crippen LogP contribution in [-0.4, -0.2) is 55.6 Å². The fourth-order valence-corrected chi connectivity index (χ4v) is 4.70. The van der Waals surface area contributed by atoms with Gasteiger partial charge in [-0.25, -0.2) is 8.42 Å². The van der Waals surface area contributed by atoms with Crippen molar-refractivity contribution in [3.63, 3.8) is 0 Å². The van der Waals surface area contributed by atoms with Gasteiger partial charge in [-0.3, -0.25) is 14.5 Å². The molecule has 0 aliphatic carbocycles. The van der Waals surface area contributed by atoms with Crippen LogP contribution in [0.5, 0.6) is 5.75 Å². The summed E-state index contributed by atoms with van der Waals surface area (Å²) in [6.07, 6.45) is 3.76. The summed E-state index contributed by atoms with van der Waals surface area (Å²) in [4.78, 5) is 16.4. The Balaban J connectivity index is 1.45. The molecule has 31 heavy (non-hydrogen) atoms. The van der Waals surface area contributed by atoms with Gasteiger partial charge in [-0.2, -0.15) is 0 Å². The molecule has 10 heteroatoms. The zero-order valence-corrected chi connectivity index (χ0v) is 17.8. The SMILES string of the molecule is CS(=O)(=O)Nc1ccc2c(c1)[C@@H]1C[C@@H](CC(=O)NCc3ccncc3)O[C@H](CO)[C@@H]1O2. The second kappa shape index (κ2) is 8.81. The third-order valence-electron chi connectivity index (χ3n) is 5.45. The molecule has 0 spiro atoms. The first-order chi connectivity index (χ1) is 14.8. The topological polar surface area (TPSA) is 127 Å². The van der Waals surface area contributed by atoms with Crippen LogP contribution in [0.3, 0.4) is 0 Å². The Morgan fingerprint density at radius 1 is 1.26 bits per heavy atom. The lowest BCUT2D eigenvalue weighted by Gasteiger charge is -2.37. The highest BCUT2D eigenvalue weighted by Gasteiger charge is 2.46. The van der Waals surface area contributed by atoms with Crippen molar-refractivity contribution >= 4 is 21.6 Å². The van der Waals surface area contributed by atoms with Crippen LogP contribution in [-0.2, 0) is 26.1 Å². The lowest BCUT2D eigenvalue weighted by molar-refractivity contribution is -0.142. The number of nitrogens with zero attached hydrogens (tertiary/aromatic N) is 1. The van der Waals surface area contributed by atoms with Crippen LogP contribution in [0.2, 0.25) is 0 Å². The summed E-state index contributed by atoms with van der Waals surface area (Å²) in [7, 11) is -3.41. The Kier molecular flexibility index (Phi) is 6.12. The van der Waals surface area contributed by atoms with Crippen molar-refractivity contribution in [2.24, 2.45) is 0 Å². The molecule has 3 heterocycles. The molecule has 0 saturated carbocycles. The van der Waals surface area contributed by atoms with Gasteiger partial charge in [-0.1, -0.05) is 0 Å². The second-order valence-electron chi connectivity index (χ2n) is 7.87. The largest absolute Gasteiger partial charge is 0.487 e. The number of ether oxygens (including phenoxy) is 2. The molecule has 1 fully saturated rings. The third-order valence-corrected chi connectivity index (χ3v) is 6.06. The van der Waals surface area contributed by atoms with E-state index in [1.807, 2.05) is 12.1 Å². The van der Waals surface area contributed by atoms with Gasteiger partial charge in [0, 0.05) is 36.1 Å². The Bertz CT molecular complexity index is 1050. The molecular formula is C21H25N3O6S. The summed E-state index contributed by atoms with van der Waals surface area (Å²) in [5, 5.41) is 12.7. The maximum Gasteiger partial charge on any atom is 0.229 e. The summed E-state index contributed by atoms with van der Waals surface area (Å²) in [6, 6.07) is 8.76. The number of carbonyl (C=O) groups is 1. The van der Waals surface area contributed by atoms with Gasteiger partial charge in [-0.15, -0.1) is 0 Å². The van der Waals surface area contributed by atoms with Crippen LogP contribution < -0.4 is 14.8 Å². The highest BCUT2D eigenvalue weighted by atomic mass is 32.2. The van der Waals surface area contributed by atoms with Gasteiger partial charge in [0.25, 0.3) is 0 Å². The summed E-state index contributed by atoms with van der Waals surface area (Å²) in [5.41, 5.74) is 2.25. The number of carbonyl (C=O) groups excluding carboxylic acids is 1. The number of rotatable bonds is 7. The van der Waals surface area contributed by atoms with Crippen molar-refractivity contribution in [3.05, 3.63) is 53.9 Å². The van der Waals surface area contributed by atoms with Crippen LogP contribution in [0, 0.1) is 0 Å². The van der Waals surface area contributed by atoms with E-state index in [2.05, 4.69) is 15.0 Å². The number of anilines is 1.